The number of carbonyl (C=O) groups is 4. The second kappa shape index (κ2) is 8.47. The Balaban J connectivity index is 1.42. The Kier molecular flexibility index (Phi) is 5.90. The molecule has 1 saturated carbocycles. The first-order valence-electron chi connectivity index (χ1n) is 10.8. The molecule has 166 valence electrons. The molecule has 3 aliphatic rings. The predicted molar refractivity (Wildman–Crippen MR) is 110 cm³/mol. The first-order valence-corrected chi connectivity index (χ1v) is 10.8. The molecule has 1 aromatic carbocycles. The molecular formula is C22H27FN4O4. The van der Waals surface area contributed by atoms with Gasteiger partial charge in [0.2, 0.25) is 11.8 Å². The number of nitrogens with one attached hydrogen (secondary N) is 2. The van der Waals surface area contributed by atoms with Crippen molar-refractivity contribution in [3.05, 3.63) is 34.9 Å². The highest BCUT2D eigenvalue weighted by atomic mass is 19.1. The van der Waals surface area contributed by atoms with Gasteiger partial charge in [0.15, 0.2) is 0 Å². The molecule has 1 aromatic rings. The van der Waals surface area contributed by atoms with Gasteiger partial charge in [-0.2, -0.15) is 0 Å². The summed E-state index contributed by atoms with van der Waals surface area (Å²) in [5.74, 6) is -1.70. The molecule has 2 heterocycles. The number of rotatable bonds is 6. The highest BCUT2D eigenvalue weighted by Gasteiger charge is 2.45. The van der Waals surface area contributed by atoms with Crippen molar-refractivity contribution in [2.45, 2.75) is 56.8 Å². The highest BCUT2D eigenvalue weighted by molar-refractivity contribution is 6.24. The molecule has 1 unspecified atom stereocenters. The van der Waals surface area contributed by atoms with Gasteiger partial charge in [-0.15, -0.1) is 0 Å². The van der Waals surface area contributed by atoms with Gasteiger partial charge in [0.1, 0.15) is 11.7 Å². The van der Waals surface area contributed by atoms with Crippen molar-refractivity contribution in [3.8, 4) is 0 Å². The zero-order chi connectivity index (χ0) is 22.2. The quantitative estimate of drug-likeness (QED) is 0.580. The van der Waals surface area contributed by atoms with E-state index in [1.807, 2.05) is 0 Å². The van der Waals surface area contributed by atoms with Gasteiger partial charge < -0.3 is 11.1 Å². The lowest BCUT2D eigenvalue weighted by molar-refractivity contribution is -0.136. The minimum atomic E-state index is -1.25. The number of benzene rings is 1. The average molecular weight is 430 g/mol. The van der Waals surface area contributed by atoms with Crippen LogP contribution in [0.2, 0.25) is 0 Å². The fourth-order valence-corrected chi connectivity index (χ4v) is 4.75. The molecule has 1 atom stereocenters. The first-order chi connectivity index (χ1) is 14.8. The third-order valence-corrected chi connectivity index (χ3v) is 6.67. The number of hydrogen-bond donors (Lipinski definition) is 3. The van der Waals surface area contributed by atoms with E-state index in [1.54, 1.807) is 18.2 Å². The Labute approximate surface area is 179 Å². The number of imide groups is 2. The van der Waals surface area contributed by atoms with Gasteiger partial charge >= 0.3 is 0 Å². The number of hydrogen-bond acceptors (Lipinski definition) is 6. The Morgan fingerprint density at radius 2 is 1.87 bits per heavy atom. The van der Waals surface area contributed by atoms with E-state index in [4.69, 9.17) is 5.73 Å². The summed E-state index contributed by atoms with van der Waals surface area (Å²) in [6.07, 6.45) is 2.66. The van der Waals surface area contributed by atoms with E-state index in [-0.39, 0.29) is 24.9 Å². The fraction of sp³-hybridized carbons (Fsp3) is 0.545. The SMILES string of the molecule is NCC1(F)CCC(CNCc2cccc3c2C(=O)N(C2CCC(=O)NC2=O)C3=O)CC1. The number of piperidine rings is 1. The van der Waals surface area contributed by atoms with Gasteiger partial charge in [-0.3, -0.25) is 29.4 Å². The summed E-state index contributed by atoms with van der Waals surface area (Å²) in [6, 6.07) is 4.11. The lowest BCUT2D eigenvalue weighted by Gasteiger charge is -2.33. The van der Waals surface area contributed by atoms with Crippen LogP contribution in [0.25, 0.3) is 0 Å². The van der Waals surface area contributed by atoms with Crippen LogP contribution in [-0.4, -0.2) is 53.3 Å². The lowest BCUT2D eigenvalue weighted by atomic mass is 9.80. The van der Waals surface area contributed by atoms with Crippen LogP contribution in [0.15, 0.2) is 18.2 Å². The van der Waals surface area contributed by atoms with E-state index in [2.05, 4.69) is 10.6 Å². The minimum Gasteiger partial charge on any atom is -0.328 e. The standard InChI is InChI=1S/C22H27FN4O4/c23-22(12-24)8-6-13(7-9-22)10-25-11-14-2-1-3-15-18(14)21(31)27(20(15)30)16-4-5-17(28)26-19(16)29/h1-3,13,16,25H,4-12,24H2,(H,26,28,29). The van der Waals surface area contributed by atoms with E-state index in [9.17, 15) is 23.6 Å². The number of fused-ring (bicyclic) bond motifs is 1. The third-order valence-electron chi connectivity index (χ3n) is 6.67. The van der Waals surface area contributed by atoms with Crippen molar-refractivity contribution in [2.24, 2.45) is 11.7 Å². The van der Waals surface area contributed by atoms with E-state index in [0.29, 0.717) is 43.0 Å². The first kappa shape index (κ1) is 21.6. The maximum Gasteiger partial charge on any atom is 0.262 e. The van der Waals surface area contributed by atoms with Crippen molar-refractivity contribution in [1.29, 1.82) is 0 Å². The number of nitrogens with two attached hydrogens (primary N) is 1. The molecule has 0 radical (unpaired) electrons. The van der Waals surface area contributed by atoms with Crippen molar-refractivity contribution in [1.82, 2.24) is 15.5 Å². The Hall–Kier alpha value is -2.65. The molecule has 4 amide bonds. The summed E-state index contributed by atoms with van der Waals surface area (Å²) in [5, 5.41) is 5.53. The molecule has 4 N–H and O–H groups in total. The predicted octanol–water partition coefficient (Wildman–Crippen LogP) is 1.03. The highest BCUT2D eigenvalue weighted by Crippen LogP contribution is 2.34. The van der Waals surface area contributed by atoms with Crippen LogP contribution in [0.1, 0.15) is 64.8 Å². The maximum absolute atomic E-state index is 14.3. The van der Waals surface area contributed by atoms with Crippen molar-refractivity contribution in [2.75, 3.05) is 13.1 Å². The molecule has 0 bridgehead atoms. The number of halogens is 1. The molecule has 2 fully saturated rings. The number of carbonyl (C=O) groups excluding carboxylic acids is 4. The van der Waals surface area contributed by atoms with Crippen molar-refractivity contribution in [3.63, 3.8) is 0 Å². The zero-order valence-electron chi connectivity index (χ0n) is 17.3. The second-order valence-electron chi connectivity index (χ2n) is 8.72. The molecule has 0 aromatic heterocycles. The van der Waals surface area contributed by atoms with Gasteiger partial charge in [0.05, 0.1) is 11.1 Å². The second-order valence-corrected chi connectivity index (χ2v) is 8.72. The summed E-state index contributed by atoms with van der Waals surface area (Å²) in [5.41, 5.74) is 5.54. The molecular weight excluding hydrogens is 403 g/mol. The van der Waals surface area contributed by atoms with Crippen LogP contribution in [0.3, 0.4) is 0 Å². The van der Waals surface area contributed by atoms with Crippen LogP contribution in [0.5, 0.6) is 0 Å². The van der Waals surface area contributed by atoms with Crippen molar-refractivity contribution < 1.29 is 23.6 Å². The Morgan fingerprint density at radius 1 is 1.13 bits per heavy atom. The number of alkyl halides is 1. The lowest BCUT2D eigenvalue weighted by Crippen LogP contribution is -2.54. The molecule has 9 heteroatoms. The molecule has 2 aliphatic heterocycles. The summed E-state index contributed by atoms with van der Waals surface area (Å²) >= 11 is 0. The van der Waals surface area contributed by atoms with Crippen LogP contribution >= 0.6 is 0 Å². The van der Waals surface area contributed by atoms with Crippen LogP contribution in [-0.2, 0) is 16.1 Å². The molecule has 4 rings (SSSR count). The van der Waals surface area contributed by atoms with Crippen LogP contribution < -0.4 is 16.4 Å². The molecule has 1 saturated heterocycles. The molecule has 31 heavy (non-hydrogen) atoms. The van der Waals surface area contributed by atoms with E-state index < -0.39 is 35.3 Å². The largest absolute Gasteiger partial charge is 0.328 e. The normalized spacial score (nSPS) is 28.6. The molecule has 1 aliphatic carbocycles. The summed E-state index contributed by atoms with van der Waals surface area (Å²) in [4.78, 5) is 50.6. The van der Waals surface area contributed by atoms with Crippen LogP contribution in [0, 0.1) is 5.92 Å². The van der Waals surface area contributed by atoms with Gasteiger partial charge in [0, 0.05) is 19.5 Å². The Bertz CT molecular complexity index is 926. The maximum atomic E-state index is 14.3. The van der Waals surface area contributed by atoms with Gasteiger partial charge in [-0.05, 0) is 56.2 Å². The monoisotopic (exact) mass is 430 g/mol. The summed E-state index contributed by atoms with van der Waals surface area (Å²) in [6.45, 7) is 1.13. The van der Waals surface area contributed by atoms with Gasteiger partial charge in [-0.25, -0.2) is 4.39 Å². The van der Waals surface area contributed by atoms with E-state index >= 15 is 0 Å². The van der Waals surface area contributed by atoms with Gasteiger partial charge in [-0.1, -0.05) is 12.1 Å². The van der Waals surface area contributed by atoms with E-state index in [1.165, 1.54) is 0 Å². The number of nitrogens with zero attached hydrogens (tertiary/aromatic N) is 1. The minimum absolute atomic E-state index is 0.0586. The summed E-state index contributed by atoms with van der Waals surface area (Å²) in [7, 11) is 0. The smallest absolute Gasteiger partial charge is 0.262 e. The van der Waals surface area contributed by atoms with Crippen LogP contribution in [0.4, 0.5) is 4.39 Å². The zero-order valence-corrected chi connectivity index (χ0v) is 17.3. The molecule has 0 spiro atoms. The summed E-state index contributed by atoms with van der Waals surface area (Å²) < 4.78 is 14.3. The molecule has 8 nitrogen and oxygen atoms in total. The number of amides is 4. The van der Waals surface area contributed by atoms with Gasteiger partial charge in [0.25, 0.3) is 11.8 Å². The van der Waals surface area contributed by atoms with E-state index in [0.717, 1.165) is 17.7 Å². The third kappa shape index (κ3) is 4.12. The van der Waals surface area contributed by atoms with Crippen molar-refractivity contribution >= 4 is 23.6 Å². The topological polar surface area (TPSA) is 122 Å². The fourth-order valence-electron chi connectivity index (χ4n) is 4.75. The average Bonchev–Trinajstić information content (AvgIpc) is 3.01. The Morgan fingerprint density at radius 3 is 2.55 bits per heavy atom.